The van der Waals surface area contributed by atoms with Crippen molar-refractivity contribution < 1.29 is 24.3 Å². The molecule has 192 valence electrons. The van der Waals surface area contributed by atoms with Gasteiger partial charge in [-0.3, -0.25) is 19.4 Å². The summed E-state index contributed by atoms with van der Waals surface area (Å²) in [5.41, 5.74) is 17.1. The third-order valence-electron chi connectivity index (χ3n) is 5.71. The summed E-state index contributed by atoms with van der Waals surface area (Å²) in [5.74, 6) is -2.75. The molecule has 0 saturated carbocycles. The Morgan fingerprint density at radius 2 is 1.77 bits per heavy atom. The molecule has 0 bridgehead atoms. The van der Waals surface area contributed by atoms with Gasteiger partial charge in [-0.2, -0.15) is 0 Å². The predicted octanol–water partition coefficient (Wildman–Crippen LogP) is -1.32. The molecule has 0 radical (unpaired) electrons. The molecule has 0 aromatic heterocycles. The van der Waals surface area contributed by atoms with Gasteiger partial charge in [0.2, 0.25) is 17.7 Å². The van der Waals surface area contributed by atoms with Crippen molar-refractivity contribution in [1.29, 1.82) is 0 Å². The Bertz CT molecular complexity index is 918. The van der Waals surface area contributed by atoms with Crippen molar-refractivity contribution in [3.05, 3.63) is 35.9 Å². The van der Waals surface area contributed by atoms with Crippen LogP contribution in [0.15, 0.2) is 35.3 Å². The number of likely N-dealkylation sites (tertiary alicyclic amines) is 1. The van der Waals surface area contributed by atoms with Gasteiger partial charge >= 0.3 is 5.97 Å². The molecular weight excluding hydrogens is 454 g/mol. The number of amides is 3. The van der Waals surface area contributed by atoms with Gasteiger partial charge in [-0.1, -0.05) is 30.3 Å². The van der Waals surface area contributed by atoms with E-state index in [1.54, 1.807) is 0 Å². The predicted molar refractivity (Wildman–Crippen MR) is 130 cm³/mol. The van der Waals surface area contributed by atoms with E-state index in [1.807, 2.05) is 30.3 Å². The summed E-state index contributed by atoms with van der Waals surface area (Å²) in [6, 6.07) is 5.30. The highest BCUT2D eigenvalue weighted by atomic mass is 16.4. The summed E-state index contributed by atoms with van der Waals surface area (Å²) in [6.45, 7) is 2.03. The first-order valence-corrected chi connectivity index (χ1v) is 11.6. The minimum Gasteiger partial charge on any atom is -0.480 e. The fraction of sp³-hybridized carbons (Fsp3) is 0.522. The third-order valence-corrected chi connectivity index (χ3v) is 5.71. The van der Waals surface area contributed by atoms with E-state index in [0.717, 1.165) is 5.56 Å². The van der Waals surface area contributed by atoms with Gasteiger partial charge in [-0.15, -0.1) is 0 Å². The molecule has 4 atom stereocenters. The zero-order valence-corrected chi connectivity index (χ0v) is 19.9. The van der Waals surface area contributed by atoms with Gasteiger partial charge in [0.15, 0.2) is 5.96 Å². The quantitative estimate of drug-likeness (QED) is 0.118. The van der Waals surface area contributed by atoms with Crippen LogP contribution in [-0.4, -0.2) is 76.9 Å². The number of hydrogen-bond acceptors (Lipinski definition) is 6. The molecule has 12 heteroatoms. The lowest BCUT2D eigenvalue weighted by molar-refractivity contribution is -0.149. The number of aliphatic carboxylic acids is 1. The van der Waals surface area contributed by atoms with Crippen LogP contribution in [0.25, 0.3) is 0 Å². The molecule has 1 heterocycles. The van der Waals surface area contributed by atoms with E-state index >= 15 is 0 Å². The minimum absolute atomic E-state index is 0.0854. The Hall–Kier alpha value is -3.67. The largest absolute Gasteiger partial charge is 0.480 e. The SMILES string of the molecule is CC(N)C(=O)NC(CCCN=C(N)N)C(=O)NC(Cc1ccccc1)C(=O)N1CCCC1C(=O)O. The van der Waals surface area contributed by atoms with Crippen molar-refractivity contribution in [3.8, 4) is 0 Å². The van der Waals surface area contributed by atoms with Gasteiger partial charge in [0.25, 0.3) is 0 Å². The number of hydrogen-bond donors (Lipinski definition) is 6. The Balaban J connectivity index is 2.23. The molecule has 35 heavy (non-hydrogen) atoms. The first kappa shape index (κ1) is 27.6. The van der Waals surface area contributed by atoms with E-state index < -0.39 is 47.9 Å². The molecule has 1 aliphatic heterocycles. The van der Waals surface area contributed by atoms with Gasteiger partial charge in [0, 0.05) is 19.5 Å². The molecule has 4 unspecified atom stereocenters. The van der Waals surface area contributed by atoms with E-state index in [4.69, 9.17) is 17.2 Å². The minimum atomic E-state index is -1.08. The van der Waals surface area contributed by atoms with Crippen LogP contribution in [0.4, 0.5) is 0 Å². The summed E-state index contributed by atoms with van der Waals surface area (Å²) >= 11 is 0. The highest BCUT2D eigenvalue weighted by Crippen LogP contribution is 2.20. The first-order chi connectivity index (χ1) is 16.6. The Morgan fingerprint density at radius 3 is 2.37 bits per heavy atom. The summed E-state index contributed by atoms with van der Waals surface area (Å²) < 4.78 is 0. The number of carbonyl (C=O) groups excluding carboxylic acids is 3. The van der Waals surface area contributed by atoms with Gasteiger partial charge in [-0.25, -0.2) is 4.79 Å². The fourth-order valence-corrected chi connectivity index (χ4v) is 3.89. The van der Waals surface area contributed by atoms with E-state index in [9.17, 15) is 24.3 Å². The van der Waals surface area contributed by atoms with E-state index in [2.05, 4.69) is 15.6 Å². The molecule has 0 aliphatic carbocycles. The number of aliphatic imine (C=N–C) groups is 1. The van der Waals surface area contributed by atoms with Crippen LogP contribution in [0.2, 0.25) is 0 Å². The first-order valence-electron chi connectivity index (χ1n) is 11.6. The zero-order chi connectivity index (χ0) is 26.0. The lowest BCUT2D eigenvalue weighted by atomic mass is 10.0. The van der Waals surface area contributed by atoms with Crippen LogP contribution >= 0.6 is 0 Å². The number of carboxylic acids is 1. The molecule has 9 N–H and O–H groups in total. The number of nitrogens with zero attached hydrogens (tertiary/aromatic N) is 2. The van der Waals surface area contributed by atoms with E-state index in [1.165, 1.54) is 11.8 Å². The van der Waals surface area contributed by atoms with Crippen molar-refractivity contribution in [2.24, 2.45) is 22.2 Å². The third kappa shape index (κ3) is 8.56. The lowest BCUT2D eigenvalue weighted by Crippen LogP contribution is -2.57. The lowest BCUT2D eigenvalue weighted by Gasteiger charge is -2.29. The van der Waals surface area contributed by atoms with Gasteiger partial charge < -0.3 is 37.8 Å². The van der Waals surface area contributed by atoms with Crippen molar-refractivity contribution in [1.82, 2.24) is 15.5 Å². The number of nitrogens with two attached hydrogens (primary N) is 3. The van der Waals surface area contributed by atoms with Gasteiger partial charge in [-0.05, 0) is 38.2 Å². The molecule has 2 rings (SSSR count). The standard InChI is InChI=1S/C23H35N7O5/c1-14(24)19(31)28-16(9-5-11-27-23(25)26)20(32)29-17(13-15-7-3-2-4-8-15)21(33)30-12-6-10-18(30)22(34)35/h2-4,7-8,14,16-18H,5-6,9-13,24H2,1H3,(H,28,31)(H,29,32)(H,34,35)(H4,25,26,27). The maximum Gasteiger partial charge on any atom is 0.326 e. The van der Waals surface area contributed by atoms with E-state index in [0.29, 0.717) is 25.8 Å². The molecule has 1 saturated heterocycles. The van der Waals surface area contributed by atoms with Gasteiger partial charge in [0.1, 0.15) is 18.1 Å². The molecule has 0 spiro atoms. The van der Waals surface area contributed by atoms with Crippen molar-refractivity contribution in [2.45, 2.75) is 63.2 Å². The van der Waals surface area contributed by atoms with Crippen LogP contribution in [0.5, 0.6) is 0 Å². The van der Waals surface area contributed by atoms with Gasteiger partial charge in [0.05, 0.1) is 6.04 Å². The normalized spacial score (nSPS) is 17.7. The summed E-state index contributed by atoms with van der Waals surface area (Å²) in [4.78, 5) is 55.6. The van der Waals surface area contributed by atoms with Crippen LogP contribution in [0.3, 0.4) is 0 Å². The molecule has 1 aromatic rings. The average molecular weight is 490 g/mol. The van der Waals surface area contributed by atoms with Crippen molar-refractivity contribution >= 4 is 29.7 Å². The maximum absolute atomic E-state index is 13.4. The van der Waals surface area contributed by atoms with Crippen molar-refractivity contribution in [3.63, 3.8) is 0 Å². The molecule has 3 amide bonds. The molecule has 12 nitrogen and oxygen atoms in total. The van der Waals surface area contributed by atoms with Crippen LogP contribution in [-0.2, 0) is 25.6 Å². The fourth-order valence-electron chi connectivity index (χ4n) is 3.89. The number of benzene rings is 1. The Kier molecular flexibility index (Phi) is 10.5. The van der Waals surface area contributed by atoms with Crippen LogP contribution in [0.1, 0.15) is 38.2 Å². The highest BCUT2D eigenvalue weighted by molar-refractivity contribution is 5.94. The average Bonchev–Trinajstić information content (AvgIpc) is 3.30. The summed E-state index contributed by atoms with van der Waals surface area (Å²) in [7, 11) is 0. The highest BCUT2D eigenvalue weighted by Gasteiger charge is 2.38. The second-order valence-electron chi connectivity index (χ2n) is 8.58. The number of guanidine groups is 1. The summed E-state index contributed by atoms with van der Waals surface area (Å²) in [5, 5.41) is 14.9. The number of nitrogens with one attached hydrogen (secondary N) is 2. The van der Waals surface area contributed by atoms with Crippen LogP contribution in [0, 0.1) is 0 Å². The number of carboxylic acid groups (broad SMARTS) is 1. The molecule has 1 aromatic carbocycles. The molecule has 1 aliphatic rings. The molecule has 1 fully saturated rings. The Labute approximate surface area is 204 Å². The Morgan fingerprint density at radius 1 is 1.11 bits per heavy atom. The number of carbonyl (C=O) groups is 4. The summed E-state index contributed by atoms with van der Waals surface area (Å²) in [6.07, 6.45) is 1.67. The van der Waals surface area contributed by atoms with E-state index in [-0.39, 0.29) is 25.3 Å². The second kappa shape index (κ2) is 13.3. The number of rotatable bonds is 12. The van der Waals surface area contributed by atoms with Crippen molar-refractivity contribution in [2.75, 3.05) is 13.1 Å². The topological polar surface area (TPSA) is 206 Å². The smallest absolute Gasteiger partial charge is 0.326 e. The van der Waals surface area contributed by atoms with Crippen LogP contribution < -0.4 is 27.8 Å². The molecular formula is C23H35N7O5. The monoisotopic (exact) mass is 489 g/mol. The maximum atomic E-state index is 13.4. The zero-order valence-electron chi connectivity index (χ0n) is 19.9. The second-order valence-corrected chi connectivity index (χ2v) is 8.58.